The molecule has 0 atom stereocenters. The van der Waals surface area contributed by atoms with Gasteiger partial charge in [0.1, 0.15) is 0 Å². The van der Waals surface area contributed by atoms with Crippen LogP contribution < -0.4 is 0 Å². The molecule has 0 aromatic rings. The van der Waals surface area contributed by atoms with E-state index in [2.05, 4.69) is 23.6 Å². The molecule has 0 radical (unpaired) electrons. The first-order chi connectivity index (χ1) is 14.6. The third-order valence-corrected chi connectivity index (χ3v) is 5.15. The number of hydrogen-bond donors (Lipinski definition) is 4. The van der Waals surface area contributed by atoms with Gasteiger partial charge < -0.3 is 20.1 Å². The van der Waals surface area contributed by atoms with Crippen LogP contribution >= 0.6 is 0 Å². The molecule has 2 aliphatic rings. The van der Waals surface area contributed by atoms with Gasteiger partial charge in [-0.1, -0.05) is 12.8 Å². The van der Waals surface area contributed by atoms with Gasteiger partial charge in [-0.25, -0.2) is 0 Å². The quantitative estimate of drug-likeness (QED) is 0.329. The van der Waals surface area contributed by atoms with Crippen molar-refractivity contribution < 1.29 is 0 Å². The van der Waals surface area contributed by atoms with E-state index in [4.69, 9.17) is 21.6 Å². The topological polar surface area (TPSA) is 105 Å². The van der Waals surface area contributed by atoms with Crippen molar-refractivity contribution in [3.63, 3.8) is 0 Å². The van der Waals surface area contributed by atoms with Gasteiger partial charge in [-0.2, -0.15) is 0 Å². The first kappa shape index (κ1) is 31.3. The second-order valence-corrected chi connectivity index (χ2v) is 8.38. The van der Waals surface area contributed by atoms with E-state index in [1.165, 1.54) is 44.9 Å². The van der Waals surface area contributed by atoms with Crippen molar-refractivity contribution in [3.8, 4) is 0 Å². The molecule has 2 aliphatic heterocycles. The van der Waals surface area contributed by atoms with E-state index >= 15 is 0 Å². The van der Waals surface area contributed by atoms with Crippen LogP contribution in [0.3, 0.4) is 0 Å². The summed E-state index contributed by atoms with van der Waals surface area (Å²) in [5.74, 6) is 2.13. The van der Waals surface area contributed by atoms with Crippen LogP contribution in [0.15, 0.2) is 0 Å². The fourth-order valence-electron chi connectivity index (χ4n) is 3.33. The van der Waals surface area contributed by atoms with E-state index in [1.54, 1.807) is 13.8 Å². The number of rotatable bonds is 2. The lowest BCUT2D eigenvalue weighted by Crippen LogP contribution is -2.33. The highest BCUT2D eigenvalue weighted by Gasteiger charge is 2.09. The zero-order chi connectivity index (χ0) is 24.2. The summed E-state index contributed by atoms with van der Waals surface area (Å²) >= 11 is 0. The Morgan fingerprint density at radius 3 is 1.00 bits per heavy atom. The van der Waals surface area contributed by atoms with E-state index < -0.39 is 0 Å². The number of amidine groups is 3. The van der Waals surface area contributed by atoms with Crippen molar-refractivity contribution in [1.82, 2.24) is 14.7 Å². The Kier molecular flexibility index (Phi) is 20.2. The Hall–Kier alpha value is -1.92. The van der Waals surface area contributed by atoms with Crippen LogP contribution in [0.2, 0.25) is 0 Å². The predicted molar refractivity (Wildman–Crippen MR) is 138 cm³/mol. The monoisotopic (exact) mass is 437 g/mol. The summed E-state index contributed by atoms with van der Waals surface area (Å²) in [7, 11) is 0. The van der Waals surface area contributed by atoms with Gasteiger partial charge in [-0.3, -0.25) is 16.2 Å². The van der Waals surface area contributed by atoms with Crippen molar-refractivity contribution in [2.75, 3.05) is 39.3 Å². The molecule has 0 aromatic carbocycles. The van der Waals surface area contributed by atoms with Gasteiger partial charge in [0.2, 0.25) is 0 Å². The molecule has 2 fully saturated rings. The van der Waals surface area contributed by atoms with Crippen molar-refractivity contribution in [2.24, 2.45) is 0 Å². The molecular weight excluding hydrogens is 386 g/mol. The van der Waals surface area contributed by atoms with Crippen LogP contribution in [0.5, 0.6) is 0 Å². The molecule has 0 saturated carbocycles. The number of piperidine rings is 1. The Morgan fingerprint density at radius 1 is 0.581 bits per heavy atom. The van der Waals surface area contributed by atoms with E-state index in [0.717, 1.165) is 50.9 Å². The Bertz CT molecular complexity index is 494. The minimum atomic E-state index is 0.662. The van der Waals surface area contributed by atoms with E-state index in [9.17, 15) is 0 Å². The third-order valence-electron chi connectivity index (χ3n) is 5.15. The lowest BCUT2D eigenvalue weighted by atomic mass is 10.1. The van der Waals surface area contributed by atoms with Gasteiger partial charge in [-0.05, 0) is 80.6 Å². The molecule has 2 rings (SSSR count). The van der Waals surface area contributed by atoms with Crippen molar-refractivity contribution >= 4 is 23.2 Å². The highest BCUT2D eigenvalue weighted by molar-refractivity contribution is 5.77. The zero-order valence-electron chi connectivity index (χ0n) is 21.5. The average Bonchev–Trinajstić information content (AvgIpc) is 3.00. The van der Waals surface area contributed by atoms with Crippen molar-refractivity contribution in [2.45, 2.75) is 93.4 Å². The largest absolute Gasteiger partial charge is 0.361 e. The fourth-order valence-corrected chi connectivity index (χ4v) is 3.33. The highest BCUT2D eigenvalue weighted by atomic mass is 15.2. The van der Waals surface area contributed by atoms with Gasteiger partial charge in [0.05, 0.1) is 17.5 Å². The molecule has 7 nitrogen and oxygen atoms in total. The van der Waals surface area contributed by atoms with Crippen LogP contribution in [0, 0.1) is 21.6 Å². The van der Waals surface area contributed by atoms with Crippen LogP contribution in [0.4, 0.5) is 0 Å². The normalized spacial score (nSPS) is 15.5. The predicted octanol–water partition coefficient (Wildman–Crippen LogP) is 5.70. The Balaban J connectivity index is 0. The molecule has 7 heteroatoms. The summed E-state index contributed by atoms with van der Waals surface area (Å²) < 4.78 is 0. The molecule has 0 aromatic heterocycles. The molecule has 4 N–H and O–H groups in total. The third kappa shape index (κ3) is 19.8. The molecule has 0 aliphatic carbocycles. The first-order valence-electron chi connectivity index (χ1n) is 12.0. The Labute approximate surface area is 192 Å². The molecule has 31 heavy (non-hydrogen) atoms. The second-order valence-electron chi connectivity index (χ2n) is 8.38. The molecule has 2 saturated heterocycles. The molecule has 0 unspecified atom stereocenters. The Morgan fingerprint density at radius 2 is 0.839 bits per heavy atom. The van der Waals surface area contributed by atoms with Crippen LogP contribution in [0.1, 0.15) is 93.4 Å². The standard InChI is InChI=1S/C8H16N2.C7H14N2.C6H14N2.C3H7N/c1-8(9)10-6-4-2-3-5-7-10;1-7(8)9-5-3-2-4-6-9;1-4-8(5-2)6(3)7;1-3(2)4/h9H,2-7H2,1H3;8H,2-6H2,1H3;7H,4-5H2,1-3H3;4H,1-2H3. The SMILES string of the molecule is CC(=N)N1CCCCC1.CC(=N)N1CCCCCC1.CC(C)=N.CCN(CC)C(C)=N. The van der Waals surface area contributed by atoms with Crippen LogP contribution in [-0.2, 0) is 0 Å². The second kappa shape index (κ2) is 20.0. The van der Waals surface area contributed by atoms with Crippen LogP contribution in [0.25, 0.3) is 0 Å². The lowest BCUT2D eigenvalue weighted by Gasteiger charge is -2.27. The summed E-state index contributed by atoms with van der Waals surface area (Å²) in [6.45, 7) is 19.5. The molecule has 0 amide bonds. The minimum absolute atomic E-state index is 0.662. The minimum Gasteiger partial charge on any atom is -0.361 e. The summed E-state index contributed by atoms with van der Waals surface area (Å²) in [5, 5.41) is 28.4. The fraction of sp³-hybridized carbons (Fsp3) is 0.833. The summed E-state index contributed by atoms with van der Waals surface area (Å²) in [6, 6.07) is 0. The molecule has 0 spiro atoms. The number of hydrogen-bond acceptors (Lipinski definition) is 4. The summed E-state index contributed by atoms with van der Waals surface area (Å²) in [6.07, 6.45) is 9.15. The summed E-state index contributed by atoms with van der Waals surface area (Å²) in [4.78, 5) is 6.32. The van der Waals surface area contributed by atoms with Crippen molar-refractivity contribution in [1.29, 1.82) is 21.6 Å². The summed E-state index contributed by atoms with van der Waals surface area (Å²) in [5.41, 5.74) is 0.667. The molecular formula is C24H51N7. The zero-order valence-corrected chi connectivity index (χ0v) is 21.5. The molecule has 2 heterocycles. The van der Waals surface area contributed by atoms with Gasteiger partial charge >= 0.3 is 0 Å². The average molecular weight is 438 g/mol. The highest BCUT2D eigenvalue weighted by Crippen LogP contribution is 2.09. The van der Waals surface area contributed by atoms with Gasteiger partial charge in [0.15, 0.2) is 0 Å². The van der Waals surface area contributed by atoms with Crippen LogP contribution in [-0.4, -0.2) is 77.2 Å². The van der Waals surface area contributed by atoms with E-state index in [0.29, 0.717) is 11.5 Å². The first-order valence-corrected chi connectivity index (χ1v) is 12.0. The number of nitrogens with one attached hydrogen (secondary N) is 4. The van der Waals surface area contributed by atoms with E-state index in [1.807, 2.05) is 25.7 Å². The number of likely N-dealkylation sites (tertiary alicyclic amines) is 2. The van der Waals surface area contributed by atoms with E-state index in [-0.39, 0.29) is 0 Å². The van der Waals surface area contributed by atoms with Gasteiger partial charge in [-0.15, -0.1) is 0 Å². The number of nitrogens with zero attached hydrogens (tertiary/aromatic N) is 3. The van der Waals surface area contributed by atoms with Gasteiger partial charge in [0.25, 0.3) is 0 Å². The lowest BCUT2D eigenvalue weighted by molar-refractivity contribution is 0.339. The maximum Gasteiger partial charge on any atom is 0.0925 e. The van der Waals surface area contributed by atoms with Crippen molar-refractivity contribution in [3.05, 3.63) is 0 Å². The maximum atomic E-state index is 7.41. The molecule has 182 valence electrons. The van der Waals surface area contributed by atoms with Gasteiger partial charge in [0, 0.05) is 45.0 Å². The maximum absolute atomic E-state index is 7.41. The molecule has 0 bridgehead atoms. The smallest absolute Gasteiger partial charge is 0.0925 e.